The monoisotopic (exact) mass is 399 g/mol. The van der Waals surface area contributed by atoms with Gasteiger partial charge in [0.2, 0.25) is 10.0 Å². The highest BCUT2D eigenvalue weighted by Crippen LogP contribution is 2.11. The Labute approximate surface area is 157 Å². The molecule has 1 fully saturated rings. The molecule has 0 aliphatic carbocycles. The molecule has 0 spiro atoms. The van der Waals surface area contributed by atoms with Gasteiger partial charge in [-0.2, -0.15) is 0 Å². The van der Waals surface area contributed by atoms with Crippen molar-refractivity contribution in [3.63, 3.8) is 0 Å². The van der Waals surface area contributed by atoms with Crippen LogP contribution in [0.1, 0.15) is 5.56 Å². The first-order valence-electron chi connectivity index (χ1n) is 7.62. The first-order valence-corrected chi connectivity index (χ1v) is 9.11. The molecule has 140 valence electrons. The zero-order valence-corrected chi connectivity index (χ0v) is 16.3. The molecular weight excluding hydrogens is 373 g/mol. The molecule has 0 amide bonds. The Morgan fingerprint density at radius 2 is 1.79 bits per heavy atom. The third-order valence-corrected chi connectivity index (χ3v) is 5.24. The van der Waals surface area contributed by atoms with Crippen molar-refractivity contribution in [3.05, 3.63) is 29.8 Å². The maximum Gasteiger partial charge on any atom is 0.240 e. The van der Waals surface area contributed by atoms with Gasteiger partial charge in [0.15, 0.2) is 0 Å². The largest absolute Gasteiger partial charge is 0.384 e. The highest BCUT2D eigenvalue weighted by molar-refractivity contribution is 7.89. The van der Waals surface area contributed by atoms with E-state index in [0.29, 0.717) is 18.0 Å². The number of hydrogen-bond acceptors (Lipinski definition) is 5. The topological polar surface area (TPSA) is 70.7 Å². The van der Waals surface area contributed by atoms with E-state index in [1.165, 1.54) is 0 Å². The number of nitrogens with zero attached hydrogens (tertiary/aromatic N) is 1. The summed E-state index contributed by atoms with van der Waals surface area (Å²) in [5.74, 6) is 0. The summed E-state index contributed by atoms with van der Waals surface area (Å²) >= 11 is 0. The van der Waals surface area contributed by atoms with Crippen molar-refractivity contribution < 1.29 is 13.2 Å². The van der Waals surface area contributed by atoms with Crippen molar-refractivity contribution >= 4 is 34.8 Å². The van der Waals surface area contributed by atoms with E-state index in [0.717, 1.165) is 44.7 Å². The third-order valence-electron chi connectivity index (χ3n) is 3.76. The second-order valence-electron chi connectivity index (χ2n) is 5.38. The standard InChI is InChI=1S/C15H25N3O3S.2ClH/c1-21-13-6-14-2-4-15(5-3-14)22(19,20)17-9-12-18-10-7-16-8-11-18;;/h2-5,16-17H,6-13H2,1H3;2*1H. The normalized spacial score (nSPS) is 15.4. The summed E-state index contributed by atoms with van der Waals surface area (Å²) in [6.45, 7) is 5.69. The Hall–Kier alpha value is -0.410. The molecule has 2 N–H and O–H groups in total. The molecule has 1 aromatic carbocycles. The number of nitrogens with one attached hydrogen (secondary N) is 2. The van der Waals surface area contributed by atoms with Gasteiger partial charge < -0.3 is 10.1 Å². The van der Waals surface area contributed by atoms with Crippen LogP contribution in [-0.2, 0) is 21.2 Å². The van der Waals surface area contributed by atoms with Crippen molar-refractivity contribution in [1.29, 1.82) is 0 Å². The lowest BCUT2D eigenvalue weighted by molar-refractivity contribution is 0.202. The highest BCUT2D eigenvalue weighted by atomic mass is 35.5. The lowest BCUT2D eigenvalue weighted by Gasteiger charge is -2.27. The fourth-order valence-corrected chi connectivity index (χ4v) is 3.43. The SMILES string of the molecule is COCCc1ccc(S(=O)(=O)NCCN2CCNCC2)cc1.Cl.Cl. The minimum atomic E-state index is -3.42. The predicted octanol–water partition coefficient (Wildman–Crippen LogP) is 0.903. The van der Waals surface area contributed by atoms with Gasteiger partial charge in [0, 0.05) is 46.4 Å². The van der Waals surface area contributed by atoms with E-state index < -0.39 is 10.0 Å². The van der Waals surface area contributed by atoms with E-state index in [9.17, 15) is 8.42 Å². The molecule has 0 saturated carbocycles. The number of ether oxygens (including phenoxy) is 1. The van der Waals surface area contributed by atoms with Crippen molar-refractivity contribution in [1.82, 2.24) is 14.9 Å². The van der Waals surface area contributed by atoms with Crippen LogP contribution in [0, 0.1) is 0 Å². The molecule has 0 radical (unpaired) electrons. The minimum Gasteiger partial charge on any atom is -0.384 e. The molecule has 0 bridgehead atoms. The molecule has 1 aromatic rings. The van der Waals surface area contributed by atoms with Gasteiger partial charge >= 0.3 is 0 Å². The van der Waals surface area contributed by atoms with Crippen LogP contribution in [0.3, 0.4) is 0 Å². The number of piperazine rings is 1. The molecule has 0 atom stereocenters. The molecule has 9 heteroatoms. The van der Waals surface area contributed by atoms with Gasteiger partial charge in [0.05, 0.1) is 11.5 Å². The molecule has 24 heavy (non-hydrogen) atoms. The zero-order valence-electron chi connectivity index (χ0n) is 13.9. The Morgan fingerprint density at radius 3 is 2.38 bits per heavy atom. The van der Waals surface area contributed by atoms with Crippen LogP contribution < -0.4 is 10.0 Å². The van der Waals surface area contributed by atoms with Crippen LogP contribution in [0.2, 0.25) is 0 Å². The molecule has 1 aliphatic rings. The number of benzene rings is 1. The van der Waals surface area contributed by atoms with Crippen molar-refractivity contribution in [2.45, 2.75) is 11.3 Å². The van der Waals surface area contributed by atoms with Gasteiger partial charge in [-0.3, -0.25) is 4.90 Å². The molecule has 1 saturated heterocycles. The van der Waals surface area contributed by atoms with Gasteiger partial charge in [-0.25, -0.2) is 13.1 Å². The Morgan fingerprint density at radius 1 is 1.17 bits per heavy atom. The second kappa shape index (κ2) is 12.0. The first-order chi connectivity index (χ1) is 10.6. The van der Waals surface area contributed by atoms with Gasteiger partial charge in [-0.15, -0.1) is 24.8 Å². The molecule has 0 aromatic heterocycles. The second-order valence-corrected chi connectivity index (χ2v) is 7.14. The Balaban J connectivity index is 0.00000264. The molecule has 1 aliphatic heterocycles. The molecular formula is C15H27Cl2N3O3S. The highest BCUT2D eigenvalue weighted by Gasteiger charge is 2.15. The summed E-state index contributed by atoms with van der Waals surface area (Å²) in [6, 6.07) is 6.98. The lowest BCUT2D eigenvalue weighted by atomic mass is 10.2. The number of rotatable bonds is 8. The zero-order chi connectivity index (χ0) is 15.8. The van der Waals surface area contributed by atoms with E-state index in [1.807, 2.05) is 12.1 Å². The van der Waals surface area contributed by atoms with E-state index >= 15 is 0 Å². The summed E-state index contributed by atoms with van der Waals surface area (Å²) < 4.78 is 32.2. The van der Waals surface area contributed by atoms with Crippen molar-refractivity contribution in [2.75, 3.05) is 53.0 Å². The van der Waals surface area contributed by atoms with Crippen molar-refractivity contribution in [2.24, 2.45) is 0 Å². The molecule has 6 nitrogen and oxygen atoms in total. The molecule has 2 rings (SSSR count). The lowest BCUT2D eigenvalue weighted by Crippen LogP contribution is -2.46. The van der Waals surface area contributed by atoms with Gasteiger partial charge in [-0.1, -0.05) is 12.1 Å². The predicted molar refractivity (Wildman–Crippen MR) is 101 cm³/mol. The summed E-state index contributed by atoms with van der Waals surface area (Å²) in [7, 11) is -1.77. The van der Waals surface area contributed by atoms with Crippen LogP contribution in [0.15, 0.2) is 29.2 Å². The number of halogens is 2. The molecule has 1 heterocycles. The summed E-state index contributed by atoms with van der Waals surface area (Å²) in [6.07, 6.45) is 0.785. The van der Waals surface area contributed by atoms with Crippen LogP contribution >= 0.6 is 24.8 Å². The van der Waals surface area contributed by atoms with Gasteiger partial charge in [-0.05, 0) is 24.1 Å². The van der Waals surface area contributed by atoms with Gasteiger partial charge in [0.25, 0.3) is 0 Å². The van der Waals surface area contributed by atoms with Gasteiger partial charge in [0.1, 0.15) is 0 Å². The smallest absolute Gasteiger partial charge is 0.240 e. The van der Waals surface area contributed by atoms with E-state index in [-0.39, 0.29) is 24.8 Å². The minimum absolute atomic E-state index is 0. The van der Waals surface area contributed by atoms with Crippen molar-refractivity contribution in [3.8, 4) is 0 Å². The number of hydrogen-bond donors (Lipinski definition) is 2. The van der Waals surface area contributed by atoms with E-state index in [1.54, 1.807) is 19.2 Å². The van der Waals surface area contributed by atoms with Crippen LogP contribution in [0.4, 0.5) is 0 Å². The van der Waals surface area contributed by atoms with E-state index in [4.69, 9.17) is 4.74 Å². The maximum absolute atomic E-state index is 12.2. The average Bonchev–Trinajstić information content (AvgIpc) is 2.54. The average molecular weight is 400 g/mol. The van der Waals surface area contributed by atoms with Crippen LogP contribution in [0.5, 0.6) is 0 Å². The van der Waals surface area contributed by atoms with E-state index in [2.05, 4.69) is 14.9 Å². The Kier molecular flexibility index (Phi) is 11.8. The quantitative estimate of drug-likeness (QED) is 0.679. The number of methoxy groups -OCH3 is 1. The number of sulfonamides is 1. The fraction of sp³-hybridized carbons (Fsp3) is 0.600. The van der Waals surface area contributed by atoms with Crippen LogP contribution in [-0.4, -0.2) is 66.3 Å². The first kappa shape index (κ1) is 23.6. The third kappa shape index (κ3) is 7.65. The summed E-state index contributed by atoms with van der Waals surface area (Å²) in [5.41, 5.74) is 1.07. The fourth-order valence-electron chi connectivity index (χ4n) is 2.41. The maximum atomic E-state index is 12.2. The van der Waals surface area contributed by atoms with Crippen LogP contribution in [0.25, 0.3) is 0 Å². The molecule has 0 unspecified atom stereocenters. The summed E-state index contributed by atoms with van der Waals surface area (Å²) in [4.78, 5) is 2.57. The summed E-state index contributed by atoms with van der Waals surface area (Å²) in [5, 5.41) is 3.28. The Bertz CT molecular complexity index is 550.